The van der Waals surface area contributed by atoms with E-state index in [1.165, 1.54) is 22.3 Å². The second-order valence-corrected chi connectivity index (χ2v) is 14.4. The summed E-state index contributed by atoms with van der Waals surface area (Å²) in [6, 6.07) is 30.8. The number of ether oxygens (including phenoxy) is 5. The second-order valence-electron chi connectivity index (χ2n) is 14.4. The standard InChI is InChI=1S/C44H50N2O8/c1-50-40-19-17-31(28-41(40)51-2)16-18-39(32-10-9-11-33(29-32)53-27-24-45-22-25-52-26-23-45)44(42(47)54-43(48)49)20-7-8-21-46(44)30-38-36-14-5-3-12-34(36)35-13-4-6-15-37(35)38/h3-6,9-15,17,19,28-29,38-39H,7-8,16,18,20-27,30H2,1-2H3,(H,48,49)/t39-,44+/m1/s1. The molecule has 2 atom stereocenters. The number of morpholine rings is 1. The molecule has 2 heterocycles. The van der Waals surface area contributed by atoms with Crippen LogP contribution in [0, 0.1) is 0 Å². The van der Waals surface area contributed by atoms with E-state index in [4.69, 9.17) is 23.7 Å². The first-order chi connectivity index (χ1) is 26.4. The number of likely N-dealkylation sites (tertiary alicyclic amines) is 1. The number of hydrogen-bond acceptors (Lipinski definition) is 9. The van der Waals surface area contributed by atoms with Crippen LogP contribution in [-0.2, 0) is 20.7 Å². The van der Waals surface area contributed by atoms with Gasteiger partial charge in [-0.3, -0.25) is 9.80 Å². The van der Waals surface area contributed by atoms with Gasteiger partial charge in [-0.1, -0.05) is 66.7 Å². The first kappa shape index (κ1) is 37.4. The van der Waals surface area contributed by atoms with Gasteiger partial charge in [0.2, 0.25) is 0 Å². The van der Waals surface area contributed by atoms with E-state index in [1.807, 2.05) is 42.5 Å². The minimum Gasteiger partial charge on any atom is -0.493 e. The lowest BCUT2D eigenvalue weighted by molar-refractivity contribution is -0.159. The summed E-state index contributed by atoms with van der Waals surface area (Å²) in [4.78, 5) is 31.5. The van der Waals surface area contributed by atoms with Crippen molar-refractivity contribution in [3.05, 3.63) is 113 Å². The largest absolute Gasteiger partial charge is 0.513 e. The van der Waals surface area contributed by atoms with Gasteiger partial charge in [0.1, 0.15) is 17.9 Å². The summed E-state index contributed by atoms with van der Waals surface area (Å²) in [5.74, 6) is 0.794. The molecule has 10 nitrogen and oxygen atoms in total. The molecule has 0 amide bonds. The van der Waals surface area contributed by atoms with E-state index in [9.17, 15) is 14.7 Å². The van der Waals surface area contributed by atoms with Gasteiger partial charge in [0.05, 0.1) is 27.4 Å². The van der Waals surface area contributed by atoms with E-state index >= 15 is 0 Å². The Balaban J connectivity index is 1.28. The summed E-state index contributed by atoms with van der Waals surface area (Å²) in [5.41, 5.74) is 5.46. The SMILES string of the molecule is COc1ccc(CC[C@H](c2cccc(OCCN3CCOCC3)c2)[C@]2(C(=O)OC(=O)O)CCCCN2CC2c3ccccc3-c3ccccc32)cc1OC. The minimum absolute atomic E-state index is 0.00569. The summed E-state index contributed by atoms with van der Waals surface area (Å²) in [6.45, 7) is 5.65. The maximum absolute atomic E-state index is 14.7. The summed E-state index contributed by atoms with van der Waals surface area (Å²) in [6.07, 6.45) is 1.62. The quantitative estimate of drug-likeness (QED) is 0.104. The van der Waals surface area contributed by atoms with Crippen molar-refractivity contribution >= 4 is 12.1 Å². The number of esters is 1. The molecule has 4 aromatic rings. The lowest BCUT2D eigenvalue weighted by atomic mass is 9.69. The zero-order chi connectivity index (χ0) is 37.5. The van der Waals surface area contributed by atoms with Crippen LogP contribution in [0.2, 0.25) is 0 Å². The smallest absolute Gasteiger partial charge is 0.493 e. The zero-order valence-corrected chi connectivity index (χ0v) is 31.2. The molecule has 0 unspecified atom stereocenters. The topological polar surface area (TPSA) is 107 Å². The van der Waals surface area contributed by atoms with Crippen LogP contribution in [-0.4, -0.2) is 99.3 Å². The average Bonchev–Trinajstić information content (AvgIpc) is 3.51. The molecule has 284 valence electrons. The van der Waals surface area contributed by atoms with Crippen LogP contribution < -0.4 is 14.2 Å². The van der Waals surface area contributed by atoms with Gasteiger partial charge in [0.15, 0.2) is 11.5 Å². The molecule has 7 rings (SSSR count). The second kappa shape index (κ2) is 17.1. The molecule has 0 radical (unpaired) electrons. The maximum Gasteiger partial charge on any atom is 0.513 e. The Morgan fingerprint density at radius 2 is 1.57 bits per heavy atom. The predicted octanol–water partition coefficient (Wildman–Crippen LogP) is 7.39. The number of rotatable bonds is 14. The van der Waals surface area contributed by atoms with E-state index in [0.717, 1.165) is 56.8 Å². The molecule has 3 aliphatic rings. The van der Waals surface area contributed by atoms with Crippen LogP contribution in [0.3, 0.4) is 0 Å². The number of piperidine rings is 1. The molecule has 0 spiro atoms. The van der Waals surface area contributed by atoms with Crippen molar-refractivity contribution in [1.29, 1.82) is 0 Å². The van der Waals surface area contributed by atoms with Crippen LogP contribution in [0.15, 0.2) is 91.0 Å². The van der Waals surface area contributed by atoms with Crippen molar-refractivity contribution < 1.29 is 38.4 Å². The Labute approximate surface area is 317 Å². The van der Waals surface area contributed by atoms with Crippen LogP contribution in [0.5, 0.6) is 17.2 Å². The highest BCUT2D eigenvalue weighted by Crippen LogP contribution is 2.50. The Morgan fingerprint density at radius 1 is 0.852 bits per heavy atom. The van der Waals surface area contributed by atoms with Gasteiger partial charge in [0.25, 0.3) is 0 Å². The maximum atomic E-state index is 14.7. The van der Waals surface area contributed by atoms with E-state index in [2.05, 4.69) is 58.3 Å². The molecule has 2 fully saturated rings. The summed E-state index contributed by atoms with van der Waals surface area (Å²) in [7, 11) is 3.23. The van der Waals surface area contributed by atoms with Gasteiger partial charge in [-0.05, 0) is 96.3 Å². The number of aryl methyl sites for hydroxylation is 1. The number of hydrogen-bond donors (Lipinski definition) is 1. The number of benzene rings is 4. The molecular weight excluding hydrogens is 684 g/mol. The van der Waals surface area contributed by atoms with Crippen molar-refractivity contribution in [2.45, 2.75) is 49.5 Å². The first-order valence-electron chi connectivity index (χ1n) is 19.0. The minimum atomic E-state index is -1.60. The molecular formula is C44H50N2O8. The molecule has 0 saturated carbocycles. The van der Waals surface area contributed by atoms with Gasteiger partial charge in [0, 0.05) is 38.0 Å². The number of methoxy groups -OCH3 is 2. The number of carbonyl (C=O) groups is 2. The predicted molar refractivity (Wildman–Crippen MR) is 206 cm³/mol. The number of nitrogens with zero attached hydrogens (tertiary/aromatic N) is 2. The van der Waals surface area contributed by atoms with Gasteiger partial charge < -0.3 is 28.8 Å². The highest BCUT2D eigenvalue weighted by Gasteiger charge is 2.54. The zero-order valence-electron chi connectivity index (χ0n) is 31.2. The van der Waals surface area contributed by atoms with Crippen molar-refractivity contribution in [1.82, 2.24) is 9.80 Å². The fourth-order valence-electron chi connectivity index (χ4n) is 8.89. The number of fused-ring (bicyclic) bond motifs is 3. The van der Waals surface area contributed by atoms with Crippen LogP contribution in [0.25, 0.3) is 11.1 Å². The monoisotopic (exact) mass is 734 g/mol. The van der Waals surface area contributed by atoms with Gasteiger partial charge in [-0.15, -0.1) is 0 Å². The van der Waals surface area contributed by atoms with Crippen molar-refractivity contribution in [2.75, 3.05) is 66.8 Å². The molecule has 10 heteroatoms. The molecule has 2 saturated heterocycles. The van der Waals surface area contributed by atoms with Crippen molar-refractivity contribution in [3.8, 4) is 28.4 Å². The lowest BCUT2D eigenvalue weighted by Crippen LogP contribution is -2.62. The van der Waals surface area contributed by atoms with E-state index < -0.39 is 23.6 Å². The Kier molecular flexibility index (Phi) is 11.8. The fraction of sp³-hybridized carbons (Fsp3) is 0.409. The number of carboxylic acid groups (broad SMARTS) is 1. The van der Waals surface area contributed by atoms with Gasteiger partial charge in [-0.2, -0.15) is 0 Å². The Morgan fingerprint density at radius 3 is 2.28 bits per heavy atom. The third kappa shape index (κ3) is 7.83. The first-order valence-corrected chi connectivity index (χ1v) is 19.0. The normalized spacial score (nSPS) is 19.4. The van der Waals surface area contributed by atoms with Crippen molar-refractivity contribution in [2.24, 2.45) is 0 Å². The molecule has 0 bridgehead atoms. The third-order valence-corrected chi connectivity index (χ3v) is 11.5. The Bertz CT molecular complexity index is 1880. The van der Waals surface area contributed by atoms with Crippen LogP contribution >= 0.6 is 0 Å². The van der Waals surface area contributed by atoms with E-state index in [1.54, 1.807) is 14.2 Å². The molecule has 0 aromatic heterocycles. The van der Waals surface area contributed by atoms with Crippen LogP contribution in [0.4, 0.5) is 4.79 Å². The summed E-state index contributed by atoms with van der Waals surface area (Å²) in [5, 5.41) is 9.96. The Hall–Kier alpha value is -4.90. The van der Waals surface area contributed by atoms with Crippen LogP contribution in [0.1, 0.15) is 59.8 Å². The van der Waals surface area contributed by atoms with E-state index in [-0.39, 0.29) is 5.92 Å². The molecule has 2 aliphatic heterocycles. The fourth-order valence-corrected chi connectivity index (χ4v) is 8.89. The highest BCUT2D eigenvalue weighted by molar-refractivity contribution is 5.90. The van der Waals surface area contributed by atoms with Gasteiger partial charge >= 0.3 is 12.1 Å². The van der Waals surface area contributed by atoms with Crippen molar-refractivity contribution in [3.63, 3.8) is 0 Å². The summed E-state index contributed by atoms with van der Waals surface area (Å²) >= 11 is 0. The summed E-state index contributed by atoms with van der Waals surface area (Å²) < 4.78 is 28.2. The molecule has 1 N–H and O–H groups in total. The average molecular weight is 735 g/mol. The highest BCUT2D eigenvalue weighted by atomic mass is 16.7. The third-order valence-electron chi connectivity index (χ3n) is 11.5. The lowest BCUT2D eigenvalue weighted by Gasteiger charge is -2.50. The molecule has 54 heavy (non-hydrogen) atoms. The van der Waals surface area contributed by atoms with E-state index in [0.29, 0.717) is 56.2 Å². The molecule has 4 aromatic carbocycles. The van der Waals surface area contributed by atoms with Gasteiger partial charge in [-0.25, -0.2) is 9.59 Å². The molecule has 1 aliphatic carbocycles. The number of carbonyl (C=O) groups excluding carboxylic acids is 1.